The van der Waals surface area contributed by atoms with Gasteiger partial charge in [0.15, 0.2) is 0 Å². The first-order valence-corrected chi connectivity index (χ1v) is 2.87. The maximum atomic E-state index is 10.6. The Morgan fingerprint density at radius 2 is 1.67 bits per heavy atom. The number of allylic oxidation sites excluding steroid dienone is 2. The number of nitrogens with zero attached hydrogens (tertiary/aromatic N) is 1. The van der Waals surface area contributed by atoms with Crippen LogP contribution in [0.2, 0.25) is 0 Å². The number of aliphatic imine (C=N–C) groups is 1. The highest BCUT2D eigenvalue weighted by Crippen LogP contribution is 1.98. The van der Waals surface area contributed by atoms with Crippen molar-refractivity contribution in [1.29, 1.82) is 0 Å². The van der Waals surface area contributed by atoms with Crippen LogP contribution < -0.4 is 5.11 Å². The smallest absolute Gasteiger partial charge is 0.0333 e. The number of hydrogen-bond donors (Lipinski definition) is 0. The fourth-order valence-corrected chi connectivity index (χ4v) is 0.422. The van der Waals surface area contributed by atoms with Crippen LogP contribution >= 0.6 is 0 Å². The lowest BCUT2D eigenvalue weighted by molar-refractivity contribution is -0.302. The van der Waals surface area contributed by atoms with Gasteiger partial charge >= 0.3 is 0 Å². The Balaban J connectivity index is 4.40. The second-order valence-corrected chi connectivity index (χ2v) is 1.99. The van der Waals surface area contributed by atoms with E-state index < -0.39 is 0 Å². The lowest BCUT2D eigenvalue weighted by atomic mass is 10.2. The zero-order valence-electron chi connectivity index (χ0n) is 6.36. The van der Waals surface area contributed by atoms with Crippen molar-refractivity contribution in [3.8, 4) is 0 Å². The average Bonchev–Trinajstić information content (AvgIpc) is 1.84. The maximum Gasteiger partial charge on any atom is 0.0333 e. The van der Waals surface area contributed by atoms with E-state index in [4.69, 9.17) is 0 Å². The van der Waals surface area contributed by atoms with E-state index in [9.17, 15) is 5.11 Å². The van der Waals surface area contributed by atoms with Gasteiger partial charge in [-0.15, -0.1) is 5.76 Å². The van der Waals surface area contributed by atoms with Gasteiger partial charge in [-0.05, 0) is 19.4 Å². The van der Waals surface area contributed by atoms with E-state index in [2.05, 4.69) is 4.99 Å². The lowest BCUT2D eigenvalue weighted by Gasteiger charge is -2.09. The molecule has 0 amide bonds. The van der Waals surface area contributed by atoms with E-state index in [1.54, 1.807) is 20.9 Å². The largest absolute Gasteiger partial charge is 0.875 e. The van der Waals surface area contributed by atoms with Crippen LogP contribution in [0.3, 0.4) is 0 Å². The summed E-state index contributed by atoms with van der Waals surface area (Å²) in [6.45, 7) is 5.16. The van der Waals surface area contributed by atoms with Crippen molar-refractivity contribution in [2.75, 3.05) is 7.05 Å². The highest BCUT2D eigenvalue weighted by molar-refractivity contribution is 5.97. The number of hydrogen-bond acceptors (Lipinski definition) is 2. The molecule has 0 aliphatic rings. The summed E-state index contributed by atoms with van der Waals surface area (Å²) in [7, 11) is 1.68. The molecular formula is C7H12NO-. The van der Waals surface area contributed by atoms with Crippen LogP contribution in [0.15, 0.2) is 16.3 Å². The van der Waals surface area contributed by atoms with E-state index in [1.165, 1.54) is 0 Å². The minimum Gasteiger partial charge on any atom is -0.875 e. The molecular weight excluding hydrogens is 114 g/mol. The molecule has 0 aliphatic carbocycles. The summed E-state index contributed by atoms with van der Waals surface area (Å²) in [5, 5.41) is 10.6. The van der Waals surface area contributed by atoms with Crippen LogP contribution in [0.1, 0.15) is 20.8 Å². The van der Waals surface area contributed by atoms with Crippen LogP contribution in [-0.4, -0.2) is 12.8 Å². The molecule has 2 heteroatoms. The lowest BCUT2D eigenvalue weighted by Crippen LogP contribution is -2.06. The van der Waals surface area contributed by atoms with Crippen LogP contribution in [0.5, 0.6) is 0 Å². The Kier molecular flexibility index (Phi) is 2.99. The quantitative estimate of drug-likeness (QED) is 0.377. The van der Waals surface area contributed by atoms with Crippen LogP contribution in [0.4, 0.5) is 0 Å². The summed E-state index contributed by atoms with van der Waals surface area (Å²) in [5.41, 5.74) is 1.57. The minimum atomic E-state index is 0.0955. The van der Waals surface area contributed by atoms with Crippen molar-refractivity contribution >= 4 is 5.71 Å². The van der Waals surface area contributed by atoms with E-state index in [0.29, 0.717) is 0 Å². The summed E-state index contributed by atoms with van der Waals surface area (Å²) in [6, 6.07) is 0. The molecule has 0 aromatic rings. The maximum absolute atomic E-state index is 10.6. The summed E-state index contributed by atoms with van der Waals surface area (Å²) < 4.78 is 0. The monoisotopic (exact) mass is 126 g/mol. The second-order valence-electron chi connectivity index (χ2n) is 1.99. The molecule has 0 atom stereocenters. The first kappa shape index (κ1) is 8.21. The Hall–Kier alpha value is -0.790. The Morgan fingerprint density at radius 1 is 1.22 bits per heavy atom. The van der Waals surface area contributed by atoms with Crippen LogP contribution in [0.25, 0.3) is 0 Å². The predicted octanol–water partition coefficient (Wildman–Crippen LogP) is 0.731. The van der Waals surface area contributed by atoms with Crippen molar-refractivity contribution in [1.82, 2.24) is 0 Å². The summed E-state index contributed by atoms with van der Waals surface area (Å²) in [6.07, 6.45) is 0. The van der Waals surface area contributed by atoms with E-state index in [0.717, 1.165) is 11.3 Å². The third-order valence-corrected chi connectivity index (χ3v) is 1.41. The van der Waals surface area contributed by atoms with Gasteiger partial charge in [0.05, 0.1) is 0 Å². The van der Waals surface area contributed by atoms with Gasteiger partial charge in [-0.25, -0.2) is 0 Å². The highest BCUT2D eigenvalue weighted by atomic mass is 16.3. The Labute approximate surface area is 55.9 Å². The molecule has 0 aromatic heterocycles. The van der Waals surface area contributed by atoms with E-state index in [-0.39, 0.29) is 5.76 Å². The van der Waals surface area contributed by atoms with Gasteiger partial charge in [-0.3, -0.25) is 4.99 Å². The Morgan fingerprint density at radius 3 is 1.78 bits per heavy atom. The van der Waals surface area contributed by atoms with Gasteiger partial charge in [-0.1, -0.05) is 6.92 Å². The average molecular weight is 126 g/mol. The molecule has 0 aromatic carbocycles. The summed E-state index contributed by atoms with van der Waals surface area (Å²) >= 11 is 0. The molecule has 2 nitrogen and oxygen atoms in total. The molecule has 0 N–H and O–H groups in total. The first-order valence-electron chi connectivity index (χ1n) is 2.87. The number of rotatable bonds is 1. The zero-order chi connectivity index (χ0) is 7.44. The fourth-order valence-electron chi connectivity index (χ4n) is 0.422. The topological polar surface area (TPSA) is 35.4 Å². The third-order valence-electron chi connectivity index (χ3n) is 1.41. The van der Waals surface area contributed by atoms with Gasteiger partial charge < -0.3 is 5.11 Å². The van der Waals surface area contributed by atoms with Gasteiger partial charge in [0.25, 0.3) is 0 Å². The molecule has 0 radical (unpaired) electrons. The zero-order valence-corrected chi connectivity index (χ0v) is 6.36. The molecule has 0 bridgehead atoms. The van der Waals surface area contributed by atoms with Gasteiger partial charge in [0.1, 0.15) is 0 Å². The Bertz CT molecular complexity index is 152. The molecule has 0 heterocycles. The molecule has 0 unspecified atom stereocenters. The third kappa shape index (κ3) is 2.31. The predicted molar refractivity (Wildman–Crippen MR) is 37.4 cm³/mol. The SMILES string of the molecule is CN=C(C)/C(C)=C(/C)[O-]. The molecule has 0 saturated carbocycles. The normalized spacial score (nSPS) is 15.3. The molecule has 0 aliphatic heterocycles. The molecule has 0 spiro atoms. The first-order chi connectivity index (χ1) is 4.09. The van der Waals surface area contributed by atoms with Crippen molar-refractivity contribution in [2.24, 2.45) is 4.99 Å². The molecule has 9 heavy (non-hydrogen) atoms. The van der Waals surface area contributed by atoms with Crippen LogP contribution in [0, 0.1) is 0 Å². The summed E-state index contributed by atoms with van der Waals surface area (Å²) in [4.78, 5) is 3.87. The van der Waals surface area contributed by atoms with Crippen molar-refractivity contribution in [3.05, 3.63) is 11.3 Å². The van der Waals surface area contributed by atoms with E-state index in [1.807, 2.05) is 6.92 Å². The van der Waals surface area contributed by atoms with Crippen molar-refractivity contribution in [3.63, 3.8) is 0 Å². The molecule has 0 fully saturated rings. The second kappa shape index (κ2) is 3.28. The molecule has 0 saturated heterocycles. The van der Waals surface area contributed by atoms with Gasteiger partial charge in [0, 0.05) is 12.8 Å². The molecule has 52 valence electrons. The van der Waals surface area contributed by atoms with Gasteiger partial charge in [-0.2, -0.15) is 0 Å². The van der Waals surface area contributed by atoms with Crippen molar-refractivity contribution < 1.29 is 5.11 Å². The van der Waals surface area contributed by atoms with E-state index >= 15 is 0 Å². The standard InChI is InChI=1S/C7H13NO/c1-5(7(3)9)6(2)8-4/h9H,1-4H3/p-1/b7-5-,8-6?. The van der Waals surface area contributed by atoms with Crippen LogP contribution in [-0.2, 0) is 0 Å². The van der Waals surface area contributed by atoms with Gasteiger partial charge in [0.2, 0.25) is 0 Å². The van der Waals surface area contributed by atoms with Crippen molar-refractivity contribution in [2.45, 2.75) is 20.8 Å². The fraction of sp³-hybridized carbons (Fsp3) is 0.571. The highest BCUT2D eigenvalue weighted by Gasteiger charge is 1.89. The minimum absolute atomic E-state index is 0.0955. The molecule has 0 rings (SSSR count). The summed E-state index contributed by atoms with van der Waals surface area (Å²) in [5.74, 6) is 0.0955.